The van der Waals surface area contributed by atoms with Gasteiger partial charge in [-0.05, 0) is 55.0 Å². The number of fused-ring (bicyclic) bond motifs is 1. The lowest BCUT2D eigenvalue weighted by Crippen LogP contribution is -2.11. The van der Waals surface area contributed by atoms with Gasteiger partial charge in [-0.25, -0.2) is 4.98 Å². The number of carbonyl (C=O) groups excluding carboxylic acids is 1. The van der Waals surface area contributed by atoms with Crippen molar-refractivity contribution in [3.63, 3.8) is 0 Å². The third-order valence-electron chi connectivity index (χ3n) is 4.39. The third kappa shape index (κ3) is 3.61. The number of pyridine rings is 2. The molecule has 0 saturated carbocycles. The van der Waals surface area contributed by atoms with Crippen LogP contribution in [-0.4, -0.2) is 15.9 Å². The van der Waals surface area contributed by atoms with Crippen LogP contribution >= 0.6 is 0 Å². The zero-order chi connectivity index (χ0) is 19.5. The van der Waals surface area contributed by atoms with Gasteiger partial charge < -0.3 is 15.6 Å². The number of nitrogens with zero attached hydrogens (tertiary/aromatic N) is 1. The second-order valence-electron chi connectivity index (χ2n) is 6.42. The van der Waals surface area contributed by atoms with Crippen LogP contribution in [0.5, 0.6) is 0 Å². The molecule has 4 rings (SSSR count). The van der Waals surface area contributed by atoms with Crippen molar-refractivity contribution >= 4 is 34.0 Å². The SMILES string of the molecule is Cc1cc(=O)[nH]c2nccc(Nc3ccc(NC(=O)c4ccccc4)cc3)c12. The maximum absolute atomic E-state index is 12.2. The fourth-order valence-electron chi connectivity index (χ4n) is 3.07. The van der Waals surface area contributed by atoms with Crippen molar-refractivity contribution in [1.82, 2.24) is 9.97 Å². The zero-order valence-electron chi connectivity index (χ0n) is 15.2. The summed E-state index contributed by atoms with van der Waals surface area (Å²) in [6.07, 6.45) is 1.65. The van der Waals surface area contributed by atoms with Crippen LogP contribution in [0, 0.1) is 6.92 Å². The number of anilines is 3. The highest BCUT2D eigenvalue weighted by Gasteiger charge is 2.08. The standard InChI is InChI=1S/C22H18N4O2/c1-14-13-19(27)26-21-20(14)18(11-12-23-21)24-16-7-9-17(10-8-16)25-22(28)15-5-3-2-4-6-15/h2-13H,1H3,(H,25,28)(H2,23,24,26,27). The van der Waals surface area contributed by atoms with E-state index in [9.17, 15) is 9.59 Å². The maximum atomic E-state index is 12.2. The minimum atomic E-state index is -0.173. The topological polar surface area (TPSA) is 86.9 Å². The molecule has 138 valence electrons. The molecule has 0 aliphatic rings. The van der Waals surface area contributed by atoms with Crippen molar-refractivity contribution < 1.29 is 4.79 Å². The highest BCUT2D eigenvalue weighted by Crippen LogP contribution is 2.26. The minimum absolute atomic E-state index is 0.152. The summed E-state index contributed by atoms with van der Waals surface area (Å²) in [7, 11) is 0. The first kappa shape index (κ1) is 17.5. The molecule has 0 aliphatic heterocycles. The molecule has 0 bridgehead atoms. The van der Waals surface area contributed by atoms with Gasteiger partial charge in [0, 0.05) is 34.6 Å². The van der Waals surface area contributed by atoms with Crippen LogP contribution in [0.2, 0.25) is 0 Å². The Labute approximate surface area is 161 Å². The van der Waals surface area contributed by atoms with Gasteiger partial charge in [0.05, 0.1) is 5.69 Å². The van der Waals surface area contributed by atoms with Crippen LogP contribution in [0.25, 0.3) is 11.0 Å². The number of aryl methyl sites for hydroxylation is 1. The van der Waals surface area contributed by atoms with Gasteiger partial charge in [-0.1, -0.05) is 18.2 Å². The Bertz CT molecular complexity index is 1200. The predicted octanol–water partition coefficient (Wildman–Crippen LogP) is 4.23. The quantitative estimate of drug-likeness (QED) is 0.502. The fraction of sp³-hybridized carbons (Fsp3) is 0.0455. The molecule has 1 amide bonds. The summed E-state index contributed by atoms with van der Waals surface area (Å²) in [5, 5.41) is 7.09. The molecule has 2 aromatic heterocycles. The van der Waals surface area contributed by atoms with E-state index in [0.29, 0.717) is 16.9 Å². The van der Waals surface area contributed by atoms with Gasteiger partial charge >= 0.3 is 0 Å². The molecule has 4 aromatic rings. The number of amides is 1. The van der Waals surface area contributed by atoms with Gasteiger partial charge in [0.25, 0.3) is 5.91 Å². The van der Waals surface area contributed by atoms with E-state index in [2.05, 4.69) is 20.6 Å². The van der Waals surface area contributed by atoms with E-state index < -0.39 is 0 Å². The van der Waals surface area contributed by atoms with Crippen molar-refractivity contribution in [2.24, 2.45) is 0 Å². The number of hydrogen-bond donors (Lipinski definition) is 3. The van der Waals surface area contributed by atoms with Crippen LogP contribution in [0.1, 0.15) is 15.9 Å². The second kappa shape index (κ2) is 7.36. The van der Waals surface area contributed by atoms with Gasteiger partial charge in [0.1, 0.15) is 5.65 Å². The van der Waals surface area contributed by atoms with E-state index in [4.69, 9.17) is 0 Å². The fourth-order valence-corrected chi connectivity index (χ4v) is 3.07. The van der Waals surface area contributed by atoms with E-state index in [1.54, 1.807) is 24.4 Å². The minimum Gasteiger partial charge on any atom is -0.355 e. The lowest BCUT2D eigenvalue weighted by atomic mass is 10.1. The van der Waals surface area contributed by atoms with Crippen LogP contribution < -0.4 is 16.2 Å². The van der Waals surface area contributed by atoms with E-state index in [-0.39, 0.29) is 11.5 Å². The zero-order valence-corrected chi connectivity index (χ0v) is 15.2. The van der Waals surface area contributed by atoms with E-state index in [1.165, 1.54) is 0 Å². The number of benzene rings is 2. The lowest BCUT2D eigenvalue weighted by molar-refractivity contribution is 0.102. The second-order valence-corrected chi connectivity index (χ2v) is 6.42. The summed E-state index contributed by atoms with van der Waals surface area (Å²) in [5.41, 5.74) is 4.24. The summed E-state index contributed by atoms with van der Waals surface area (Å²) in [6, 6.07) is 19.9. The molecular formula is C22H18N4O2. The molecule has 0 aliphatic carbocycles. The molecule has 0 saturated heterocycles. The van der Waals surface area contributed by atoms with Crippen LogP contribution in [0.4, 0.5) is 17.1 Å². The maximum Gasteiger partial charge on any atom is 0.255 e. The molecule has 0 spiro atoms. The average Bonchev–Trinajstić information content (AvgIpc) is 2.70. The highest BCUT2D eigenvalue weighted by atomic mass is 16.1. The summed E-state index contributed by atoms with van der Waals surface area (Å²) < 4.78 is 0. The number of carbonyl (C=O) groups is 1. The number of aromatic amines is 1. The van der Waals surface area contributed by atoms with E-state index in [1.807, 2.05) is 55.5 Å². The van der Waals surface area contributed by atoms with Crippen molar-refractivity contribution in [2.45, 2.75) is 6.92 Å². The van der Waals surface area contributed by atoms with Crippen molar-refractivity contribution in [2.75, 3.05) is 10.6 Å². The monoisotopic (exact) mass is 370 g/mol. The number of hydrogen-bond acceptors (Lipinski definition) is 4. The molecule has 3 N–H and O–H groups in total. The van der Waals surface area contributed by atoms with Crippen LogP contribution in [0.3, 0.4) is 0 Å². The molecule has 2 aromatic carbocycles. The van der Waals surface area contributed by atoms with Crippen LogP contribution in [-0.2, 0) is 0 Å². The summed E-state index contributed by atoms with van der Waals surface area (Å²) in [6.45, 7) is 1.88. The first-order chi connectivity index (χ1) is 13.6. The summed E-state index contributed by atoms with van der Waals surface area (Å²) in [4.78, 5) is 30.9. The van der Waals surface area contributed by atoms with Gasteiger partial charge in [-0.15, -0.1) is 0 Å². The molecule has 0 unspecified atom stereocenters. The van der Waals surface area contributed by atoms with Crippen molar-refractivity contribution in [1.29, 1.82) is 0 Å². The smallest absolute Gasteiger partial charge is 0.255 e. The Balaban J connectivity index is 1.55. The molecule has 28 heavy (non-hydrogen) atoms. The number of aromatic nitrogens is 2. The first-order valence-corrected chi connectivity index (χ1v) is 8.82. The molecule has 6 heteroatoms. The molecule has 0 radical (unpaired) electrons. The molecule has 0 fully saturated rings. The van der Waals surface area contributed by atoms with Gasteiger partial charge in [0.15, 0.2) is 0 Å². The molecule has 0 atom stereocenters. The van der Waals surface area contributed by atoms with Gasteiger partial charge in [0.2, 0.25) is 5.56 Å². The Morgan fingerprint density at radius 1 is 0.964 bits per heavy atom. The number of H-pyrrole nitrogens is 1. The number of rotatable bonds is 4. The van der Waals surface area contributed by atoms with Gasteiger partial charge in [-0.3, -0.25) is 9.59 Å². The Hall–Kier alpha value is -3.93. The molecule has 2 heterocycles. The summed E-state index contributed by atoms with van der Waals surface area (Å²) in [5.74, 6) is -0.152. The number of nitrogens with one attached hydrogen (secondary N) is 3. The van der Waals surface area contributed by atoms with E-state index in [0.717, 1.165) is 22.3 Å². The Morgan fingerprint density at radius 3 is 2.43 bits per heavy atom. The predicted molar refractivity (Wildman–Crippen MR) is 111 cm³/mol. The molecule has 6 nitrogen and oxygen atoms in total. The van der Waals surface area contributed by atoms with E-state index >= 15 is 0 Å². The van der Waals surface area contributed by atoms with Gasteiger partial charge in [-0.2, -0.15) is 0 Å². The third-order valence-corrected chi connectivity index (χ3v) is 4.39. The Kier molecular flexibility index (Phi) is 4.60. The van der Waals surface area contributed by atoms with Crippen LogP contribution in [0.15, 0.2) is 77.7 Å². The first-order valence-electron chi connectivity index (χ1n) is 8.82. The highest BCUT2D eigenvalue weighted by molar-refractivity contribution is 6.04. The van der Waals surface area contributed by atoms with Crippen molar-refractivity contribution in [3.05, 3.63) is 94.4 Å². The Morgan fingerprint density at radius 2 is 1.68 bits per heavy atom. The largest absolute Gasteiger partial charge is 0.355 e. The molecular weight excluding hydrogens is 352 g/mol. The normalized spacial score (nSPS) is 10.6. The average molecular weight is 370 g/mol. The van der Waals surface area contributed by atoms with Crippen molar-refractivity contribution in [3.8, 4) is 0 Å². The lowest BCUT2D eigenvalue weighted by Gasteiger charge is -2.12. The summed E-state index contributed by atoms with van der Waals surface area (Å²) >= 11 is 0.